The normalized spacial score (nSPS) is 17.4. The second-order valence-electron chi connectivity index (χ2n) is 4.75. The van der Waals surface area contributed by atoms with Gasteiger partial charge in [-0.15, -0.1) is 6.58 Å². The van der Waals surface area contributed by atoms with Gasteiger partial charge in [0.25, 0.3) is 5.91 Å². The molecule has 2 rings (SSSR count). The van der Waals surface area contributed by atoms with Crippen LogP contribution < -0.4 is 21.3 Å². The van der Waals surface area contributed by atoms with Crippen molar-refractivity contribution in [2.24, 2.45) is 0 Å². The standard InChI is InChI=1S/C15H20N4O3/c1-2-7-17-15(21)19-12-5-3-11(4-6-12)18-14(20)13-10-16-8-9-22-13/h2-6,13,16H,1,7-10H2,(H,18,20)(H2,17,19,21). The minimum Gasteiger partial charge on any atom is -0.366 e. The first-order valence-corrected chi connectivity index (χ1v) is 7.08. The fourth-order valence-electron chi connectivity index (χ4n) is 1.93. The Kier molecular flexibility index (Phi) is 5.93. The molecule has 22 heavy (non-hydrogen) atoms. The van der Waals surface area contributed by atoms with E-state index in [1.807, 2.05) is 0 Å². The van der Waals surface area contributed by atoms with Gasteiger partial charge in [-0.05, 0) is 24.3 Å². The molecule has 118 valence electrons. The summed E-state index contributed by atoms with van der Waals surface area (Å²) in [5.74, 6) is -0.184. The molecule has 0 bridgehead atoms. The first-order chi connectivity index (χ1) is 10.7. The molecule has 1 unspecified atom stereocenters. The number of rotatable bonds is 5. The van der Waals surface area contributed by atoms with Crippen LogP contribution in [-0.2, 0) is 9.53 Å². The molecule has 7 nitrogen and oxygen atoms in total. The number of hydrogen-bond acceptors (Lipinski definition) is 4. The maximum absolute atomic E-state index is 12.0. The van der Waals surface area contributed by atoms with E-state index in [4.69, 9.17) is 4.74 Å². The second kappa shape index (κ2) is 8.16. The van der Waals surface area contributed by atoms with Crippen LogP contribution in [0.15, 0.2) is 36.9 Å². The molecule has 0 radical (unpaired) electrons. The van der Waals surface area contributed by atoms with Gasteiger partial charge in [-0.3, -0.25) is 4.79 Å². The third kappa shape index (κ3) is 4.87. The van der Waals surface area contributed by atoms with E-state index in [1.165, 1.54) is 0 Å². The predicted molar refractivity (Wildman–Crippen MR) is 84.9 cm³/mol. The van der Waals surface area contributed by atoms with E-state index in [2.05, 4.69) is 27.8 Å². The Hall–Kier alpha value is -2.38. The van der Waals surface area contributed by atoms with Crippen molar-refractivity contribution >= 4 is 23.3 Å². The average molecular weight is 304 g/mol. The van der Waals surface area contributed by atoms with Crippen LogP contribution in [0.5, 0.6) is 0 Å². The summed E-state index contributed by atoms with van der Waals surface area (Å²) in [6, 6.07) is 6.55. The van der Waals surface area contributed by atoms with Crippen molar-refractivity contribution in [1.82, 2.24) is 10.6 Å². The van der Waals surface area contributed by atoms with Crippen LogP contribution in [-0.4, -0.2) is 44.3 Å². The molecule has 7 heteroatoms. The van der Waals surface area contributed by atoms with E-state index >= 15 is 0 Å². The Morgan fingerprint density at radius 2 is 1.95 bits per heavy atom. The molecule has 0 saturated carbocycles. The van der Waals surface area contributed by atoms with Crippen molar-refractivity contribution in [2.45, 2.75) is 6.10 Å². The molecular formula is C15H20N4O3. The summed E-state index contributed by atoms with van der Waals surface area (Å²) < 4.78 is 5.38. The summed E-state index contributed by atoms with van der Waals surface area (Å²) in [6.07, 6.45) is 1.12. The van der Waals surface area contributed by atoms with Crippen molar-refractivity contribution in [3.8, 4) is 0 Å². The average Bonchev–Trinajstić information content (AvgIpc) is 2.55. The number of benzene rings is 1. The van der Waals surface area contributed by atoms with Crippen LogP contribution in [0.25, 0.3) is 0 Å². The van der Waals surface area contributed by atoms with E-state index in [9.17, 15) is 9.59 Å². The summed E-state index contributed by atoms with van der Waals surface area (Å²) in [4.78, 5) is 23.5. The van der Waals surface area contributed by atoms with E-state index in [1.54, 1.807) is 30.3 Å². The summed E-state index contributed by atoms with van der Waals surface area (Å²) in [5, 5.41) is 11.2. The fraction of sp³-hybridized carbons (Fsp3) is 0.333. The lowest BCUT2D eigenvalue weighted by atomic mass is 10.2. The molecule has 3 amide bonds. The smallest absolute Gasteiger partial charge is 0.319 e. The van der Waals surface area contributed by atoms with Crippen LogP contribution in [0.2, 0.25) is 0 Å². The van der Waals surface area contributed by atoms with Gasteiger partial charge >= 0.3 is 6.03 Å². The lowest BCUT2D eigenvalue weighted by Crippen LogP contribution is -2.45. The number of carbonyl (C=O) groups is 2. The highest BCUT2D eigenvalue weighted by Gasteiger charge is 2.21. The summed E-state index contributed by atoms with van der Waals surface area (Å²) in [6.45, 7) is 5.72. The zero-order valence-corrected chi connectivity index (χ0v) is 12.2. The summed E-state index contributed by atoms with van der Waals surface area (Å²) >= 11 is 0. The van der Waals surface area contributed by atoms with Gasteiger partial charge in [-0.1, -0.05) is 6.08 Å². The van der Waals surface area contributed by atoms with Gasteiger partial charge in [0, 0.05) is 31.0 Å². The zero-order chi connectivity index (χ0) is 15.8. The SMILES string of the molecule is C=CCNC(=O)Nc1ccc(NC(=O)C2CNCCO2)cc1. The maximum atomic E-state index is 12.0. The van der Waals surface area contributed by atoms with E-state index < -0.39 is 6.10 Å². The topological polar surface area (TPSA) is 91.5 Å². The van der Waals surface area contributed by atoms with Gasteiger partial charge in [0.15, 0.2) is 0 Å². The second-order valence-corrected chi connectivity index (χ2v) is 4.75. The molecule has 1 heterocycles. The van der Waals surface area contributed by atoms with Crippen LogP contribution in [0.4, 0.5) is 16.2 Å². The summed E-state index contributed by atoms with van der Waals surface area (Å²) in [5.41, 5.74) is 1.28. The van der Waals surface area contributed by atoms with Gasteiger partial charge in [0.05, 0.1) is 6.61 Å². The molecule has 1 atom stereocenters. The molecule has 1 aromatic carbocycles. The first kappa shape index (κ1) is 16.0. The molecule has 1 aromatic rings. The molecule has 1 fully saturated rings. The lowest BCUT2D eigenvalue weighted by molar-refractivity contribution is -0.128. The Labute approximate surface area is 129 Å². The van der Waals surface area contributed by atoms with Gasteiger partial charge in [-0.2, -0.15) is 0 Å². The van der Waals surface area contributed by atoms with Gasteiger partial charge in [0.1, 0.15) is 6.10 Å². The van der Waals surface area contributed by atoms with Gasteiger partial charge < -0.3 is 26.0 Å². The van der Waals surface area contributed by atoms with Crippen molar-refractivity contribution in [2.75, 3.05) is 36.9 Å². The largest absolute Gasteiger partial charge is 0.366 e. The van der Waals surface area contributed by atoms with Crippen LogP contribution >= 0.6 is 0 Å². The Morgan fingerprint density at radius 3 is 2.55 bits per heavy atom. The van der Waals surface area contributed by atoms with Crippen LogP contribution in [0.3, 0.4) is 0 Å². The summed E-state index contributed by atoms with van der Waals surface area (Å²) in [7, 11) is 0. The number of morpholine rings is 1. The predicted octanol–water partition coefficient (Wildman–Crippen LogP) is 0.921. The van der Waals surface area contributed by atoms with Crippen molar-refractivity contribution < 1.29 is 14.3 Å². The zero-order valence-electron chi connectivity index (χ0n) is 12.2. The van der Waals surface area contributed by atoms with Crippen molar-refractivity contribution in [3.05, 3.63) is 36.9 Å². The number of amides is 3. The number of hydrogen-bond donors (Lipinski definition) is 4. The van der Waals surface area contributed by atoms with Crippen LogP contribution in [0, 0.1) is 0 Å². The first-order valence-electron chi connectivity index (χ1n) is 7.08. The lowest BCUT2D eigenvalue weighted by Gasteiger charge is -2.22. The highest BCUT2D eigenvalue weighted by Crippen LogP contribution is 2.14. The minimum absolute atomic E-state index is 0.184. The van der Waals surface area contributed by atoms with E-state index in [0.29, 0.717) is 31.1 Å². The highest BCUT2D eigenvalue weighted by molar-refractivity contribution is 5.95. The Morgan fingerprint density at radius 1 is 1.27 bits per heavy atom. The Bertz CT molecular complexity index is 524. The molecule has 0 spiro atoms. The number of ether oxygens (including phenoxy) is 1. The highest BCUT2D eigenvalue weighted by atomic mass is 16.5. The number of anilines is 2. The fourth-order valence-corrected chi connectivity index (χ4v) is 1.93. The monoisotopic (exact) mass is 304 g/mol. The molecule has 1 aliphatic rings. The van der Waals surface area contributed by atoms with Crippen LogP contribution in [0.1, 0.15) is 0 Å². The van der Waals surface area contributed by atoms with E-state index in [-0.39, 0.29) is 11.9 Å². The van der Waals surface area contributed by atoms with Crippen molar-refractivity contribution in [3.63, 3.8) is 0 Å². The number of carbonyl (C=O) groups excluding carboxylic acids is 2. The third-order valence-electron chi connectivity index (χ3n) is 3.04. The molecule has 1 aliphatic heterocycles. The third-order valence-corrected chi connectivity index (χ3v) is 3.04. The van der Waals surface area contributed by atoms with E-state index in [0.717, 1.165) is 6.54 Å². The molecule has 0 aliphatic carbocycles. The van der Waals surface area contributed by atoms with Gasteiger partial charge in [-0.25, -0.2) is 4.79 Å². The molecule has 1 saturated heterocycles. The molecular weight excluding hydrogens is 284 g/mol. The minimum atomic E-state index is -0.476. The number of nitrogens with one attached hydrogen (secondary N) is 4. The van der Waals surface area contributed by atoms with Gasteiger partial charge in [0.2, 0.25) is 0 Å². The quantitative estimate of drug-likeness (QED) is 0.609. The molecule has 4 N–H and O–H groups in total. The number of urea groups is 1. The van der Waals surface area contributed by atoms with Crippen molar-refractivity contribution in [1.29, 1.82) is 0 Å². The maximum Gasteiger partial charge on any atom is 0.319 e. The molecule has 0 aromatic heterocycles. The Balaban J connectivity index is 1.84.